The molecule has 0 aromatic heterocycles. The van der Waals surface area contributed by atoms with E-state index in [0.29, 0.717) is 11.3 Å². The molecule has 1 aromatic rings. The van der Waals surface area contributed by atoms with Crippen molar-refractivity contribution in [3.63, 3.8) is 0 Å². The monoisotopic (exact) mass is 505 g/mol. The second-order valence-corrected chi connectivity index (χ2v) is 11.2. The van der Waals surface area contributed by atoms with E-state index in [0.717, 1.165) is 5.56 Å². The molecule has 1 saturated carbocycles. The summed E-state index contributed by atoms with van der Waals surface area (Å²) in [6, 6.07) is 5.48. The van der Waals surface area contributed by atoms with Crippen LogP contribution in [0.2, 0.25) is 0 Å². The predicted octanol–water partition coefficient (Wildman–Crippen LogP) is 3.33. The topological polar surface area (TPSA) is 99.2 Å². The van der Waals surface area contributed by atoms with Gasteiger partial charge >= 0.3 is 17.9 Å². The summed E-state index contributed by atoms with van der Waals surface area (Å²) < 4.78 is 17.0. The first kappa shape index (κ1) is 25.5. The van der Waals surface area contributed by atoms with E-state index >= 15 is 0 Å². The molecule has 8 nitrogen and oxygen atoms in total. The number of amides is 1. The summed E-state index contributed by atoms with van der Waals surface area (Å²) in [5, 5.41) is -0.760. The van der Waals surface area contributed by atoms with Crippen LogP contribution in [0.5, 0.6) is 0 Å². The second kappa shape index (κ2) is 8.22. The van der Waals surface area contributed by atoms with Gasteiger partial charge in [-0.15, -0.1) is 11.6 Å². The molecule has 4 rings (SSSR count). The van der Waals surface area contributed by atoms with Crippen molar-refractivity contribution in [1.29, 1.82) is 0 Å². The molecule has 3 aliphatic rings. The molecule has 0 saturated heterocycles. The maximum atomic E-state index is 13.7. The van der Waals surface area contributed by atoms with Gasteiger partial charge in [0.1, 0.15) is 12.7 Å². The average Bonchev–Trinajstić information content (AvgIpc) is 3.03. The Labute approximate surface area is 210 Å². The maximum absolute atomic E-state index is 13.7. The zero-order chi connectivity index (χ0) is 26.1. The van der Waals surface area contributed by atoms with Gasteiger partial charge in [-0.1, -0.05) is 26.0 Å². The minimum absolute atomic E-state index is 0.0832. The smallest absolute Gasteiger partial charge is 0.314 e. The summed E-state index contributed by atoms with van der Waals surface area (Å²) >= 11 is 7.07. The molecule has 6 atom stereocenters. The van der Waals surface area contributed by atoms with Crippen molar-refractivity contribution >= 4 is 41.1 Å². The highest BCUT2D eigenvalue weighted by Crippen LogP contribution is 2.67. The number of rotatable bonds is 4. The van der Waals surface area contributed by atoms with Crippen LogP contribution >= 0.6 is 11.6 Å². The number of likely N-dealkylation sites (N-methyl/N-ethyl adjacent to an activating group) is 1. The number of anilines is 1. The SMILES string of the molecule is COC(=O)[C@]1(C)[C@H](Cl)C[C@H]2[C@@H](OC(C)=O)[C@]1(COC(C)=O)c1cccc3c1[C@@H](C(=O)N3C)C2(C)C. The van der Waals surface area contributed by atoms with Crippen molar-refractivity contribution in [2.24, 2.45) is 16.7 Å². The van der Waals surface area contributed by atoms with Gasteiger partial charge in [0.25, 0.3) is 0 Å². The second-order valence-electron chi connectivity index (χ2n) is 10.7. The molecular formula is C26H32ClNO7. The summed E-state index contributed by atoms with van der Waals surface area (Å²) in [4.78, 5) is 53.6. The number of carbonyl (C=O) groups excluding carboxylic acids is 4. The number of esters is 3. The highest BCUT2D eigenvalue weighted by Gasteiger charge is 2.74. The molecule has 0 radical (unpaired) electrons. The summed E-state index contributed by atoms with van der Waals surface area (Å²) in [5.41, 5.74) is -1.51. The lowest BCUT2D eigenvalue weighted by Crippen LogP contribution is -2.69. The number of nitrogens with zero attached hydrogens (tertiary/aromatic N) is 1. The normalized spacial score (nSPS) is 34.5. The molecule has 35 heavy (non-hydrogen) atoms. The first-order chi connectivity index (χ1) is 16.3. The molecular weight excluding hydrogens is 474 g/mol. The highest BCUT2D eigenvalue weighted by molar-refractivity contribution is 6.23. The Morgan fingerprint density at radius 1 is 1.14 bits per heavy atom. The number of carbonyl (C=O) groups is 4. The molecule has 1 aliphatic heterocycles. The van der Waals surface area contributed by atoms with Crippen molar-refractivity contribution in [3.8, 4) is 0 Å². The third-order valence-corrected chi connectivity index (χ3v) is 9.38. The Hall–Kier alpha value is -2.61. The van der Waals surface area contributed by atoms with Gasteiger partial charge in [0.2, 0.25) is 5.91 Å². The van der Waals surface area contributed by atoms with Crippen LogP contribution in [0.1, 0.15) is 58.1 Å². The summed E-state index contributed by atoms with van der Waals surface area (Å²) in [7, 11) is 3.00. The third-order valence-electron chi connectivity index (χ3n) is 8.76. The number of methoxy groups -OCH3 is 1. The lowest BCUT2D eigenvalue weighted by molar-refractivity contribution is -0.196. The van der Waals surface area contributed by atoms with Gasteiger partial charge in [-0.05, 0) is 36.0 Å². The fourth-order valence-electron chi connectivity index (χ4n) is 6.91. The lowest BCUT2D eigenvalue weighted by Gasteiger charge is -2.59. The average molecular weight is 506 g/mol. The molecule has 0 N–H and O–H groups in total. The van der Waals surface area contributed by atoms with E-state index < -0.39 is 57.5 Å². The first-order valence-electron chi connectivity index (χ1n) is 11.7. The zero-order valence-electron chi connectivity index (χ0n) is 21.1. The zero-order valence-corrected chi connectivity index (χ0v) is 21.9. The predicted molar refractivity (Wildman–Crippen MR) is 128 cm³/mol. The molecule has 1 amide bonds. The van der Waals surface area contributed by atoms with E-state index in [4.69, 9.17) is 25.8 Å². The van der Waals surface area contributed by atoms with Crippen LogP contribution in [0.3, 0.4) is 0 Å². The molecule has 2 aliphatic carbocycles. The standard InChI is InChI=1S/C26H32ClNO7/c1-13(29)34-12-26-15-9-8-10-17-19(15)20(22(31)28(17)6)24(3,4)16(21(26)35-14(2)30)11-18(27)25(26,5)23(32)33-7/h8-10,16,18,20-21H,11-12H2,1-7H3/t16-,18+,20-,21+,25-,26-/m0/s1. The Morgan fingerprint density at radius 2 is 1.80 bits per heavy atom. The molecule has 2 bridgehead atoms. The number of ether oxygens (including phenoxy) is 3. The van der Waals surface area contributed by atoms with Crippen LogP contribution in [0.15, 0.2) is 18.2 Å². The van der Waals surface area contributed by atoms with E-state index in [2.05, 4.69) is 0 Å². The van der Waals surface area contributed by atoms with Crippen molar-refractivity contribution < 1.29 is 33.4 Å². The van der Waals surface area contributed by atoms with Crippen LogP contribution in [0.25, 0.3) is 0 Å². The van der Waals surface area contributed by atoms with Gasteiger partial charge in [0.15, 0.2) is 0 Å². The van der Waals surface area contributed by atoms with E-state index in [1.807, 2.05) is 26.0 Å². The van der Waals surface area contributed by atoms with E-state index in [-0.39, 0.29) is 18.9 Å². The molecule has 0 spiro atoms. The number of halogens is 1. The van der Waals surface area contributed by atoms with Gasteiger partial charge in [-0.3, -0.25) is 19.2 Å². The Kier molecular flexibility index (Phi) is 5.98. The van der Waals surface area contributed by atoms with E-state index in [1.165, 1.54) is 21.0 Å². The van der Waals surface area contributed by atoms with Crippen molar-refractivity contribution in [1.82, 2.24) is 0 Å². The fourth-order valence-corrected chi connectivity index (χ4v) is 7.39. The largest absolute Gasteiger partial charge is 0.469 e. The number of alkyl halides is 1. The fraction of sp³-hybridized carbons (Fsp3) is 0.615. The van der Waals surface area contributed by atoms with Gasteiger partial charge in [-0.2, -0.15) is 0 Å². The van der Waals surface area contributed by atoms with Crippen LogP contribution < -0.4 is 4.90 Å². The van der Waals surface area contributed by atoms with Gasteiger partial charge in [0, 0.05) is 32.5 Å². The minimum atomic E-state index is -1.46. The van der Waals surface area contributed by atoms with Crippen LogP contribution in [0, 0.1) is 16.7 Å². The summed E-state index contributed by atoms with van der Waals surface area (Å²) in [5.74, 6) is -2.78. The quantitative estimate of drug-likeness (QED) is 0.351. The van der Waals surface area contributed by atoms with Gasteiger partial charge in [0.05, 0.1) is 29.2 Å². The molecule has 0 unspecified atom stereocenters. The Balaban J connectivity index is 2.20. The highest BCUT2D eigenvalue weighted by atomic mass is 35.5. The summed E-state index contributed by atoms with van der Waals surface area (Å²) in [6.07, 6.45) is -0.625. The Morgan fingerprint density at radius 3 is 2.37 bits per heavy atom. The maximum Gasteiger partial charge on any atom is 0.314 e. The van der Waals surface area contributed by atoms with E-state index in [1.54, 1.807) is 24.9 Å². The molecule has 1 heterocycles. The van der Waals surface area contributed by atoms with Crippen molar-refractivity contribution in [3.05, 3.63) is 29.3 Å². The summed E-state index contributed by atoms with van der Waals surface area (Å²) in [6.45, 7) is 7.94. The third kappa shape index (κ3) is 3.18. The van der Waals surface area contributed by atoms with Gasteiger partial charge < -0.3 is 19.1 Å². The van der Waals surface area contributed by atoms with Crippen LogP contribution in [0.4, 0.5) is 5.69 Å². The molecule has 1 fully saturated rings. The molecule has 9 heteroatoms. The van der Waals surface area contributed by atoms with E-state index in [9.17, 15) is 19.2 Å². The van der Waals surface area contributed by atoms with Crippen molar-refractivity contribution in [2.75, 3.05) is 25.7 Å². The van der Waals surface area contributed by atoms with Crippen LogP contribution in [-0.4, -0.2) is 56.1 Å². The Bertz CT molecular complexity index is 1120. The van der Waals surface area contributed by atoms with Crippen molar-refractivity contribution in [2.45, 2.75) is 63.9 Å². The number of hydrogen-bond acceptors (Lipinski definition) is 7. The number of fused-ring (bicyclic) bond motifs is 3. The lowest BCUT2D eigenvalue weighted by atomic mass is 9.48. The minimum Gasteiger partial charge on any atom is -0.469 e. The van der Waals surface area contributed by atoms with Gasteiger partial charge in [-0.25, -0.2) is 0 Å². The molecule has 190 valence electrons. The molecule has 1 aromatic carbocycles. The van der Waals surface area contributed by atoms with Crippen LogP contribution in [-0.2, 0) is 38.8 Å². The first-order valence-corrected chi connectivity index (χ1v) is 12.1. The number of benzene rings is 1. The number of hydrogen-bond donors (Lipinski definition) is 0.